The molecule has 0 saturated heterocycles. The van der Waals surface area contributed by atoms with Crippen LogP contribution in [-0.4, -0.2) is 18.0 Å². The van der Waals surface area contributed by atoms with Crippen molar-refractivity contribution in [1.82, 2.24) is 4.98 Å². The second kappa shape index (κ2) is 6.72. The Morgan fingerprint density at radius 1 is 0.786 bits per heavy atom. The molecule has 8 heteroatoms. The first-order valence-electron chi connectivity index (χ1n) is 8.19. The number of ether oxygens (including phenoxy) is 2. The maximum atomic E-state index is 12.1. The summed E-state index contributed by atoms with van der Waals surface area (Å²) in [6, 6.07) is 21.0. The van der Waals surface area contributed by atoms with Gasteiger partial charge in [-0.05, 0) is 35.0 Å². The minimum absolute atomic E-state index is 0. The standard InChI is InChI=1S/C20H13NO5S.Na/c22-27(23,24)20(25-17-7-3-4-8-18(17)26-20)19-12-10-15-14-6-2-1-5-13(14)9-11-16(15)21-19;/h1-12H,(H,22,23,24);/q;+1/p-1. The van der Waals surface area contributed by atoms with E-state index in [1.54, 1.807) is 24.3 Å². The number of rotatable bonds is 2. The van der Waals surface area contributed by atoms with E-state index in [2.05, 4.69) is 4.98 Å². The first-order valence-corrected chi connectivity index (χ1v) is 9.60. The Balaban J connectivity index is 0.00000192. The molecule has 0 aliphatic carbocycles. The van der Waals surface area contributed by atoms with Gasteiger partial charge in [-0.1, -0.05) is 48.5 Å². The monoisotopic (exact) mass is 401 g/mol. The van der Waals surface area contributed by atoms with Gasteiger partial charge in [-0.15, -0.1) is 0 Å². The Hall–Kier alpha value is -2.16. The van der Waals surface area contributed by atoms with Crippen LogP contribution in [0.3, 0.4) is 0 Å². The van der Waals surface area contributed by atoms with Crippen LogP contribution in [0.5, 0.6) is 11.5 Å². The summed E-state index contributed by atoms with van der Waals surface area (Å²) in [5.41, 5.74) is 0.425. The van der Waals surface area contributed by atoms with Gasteiger partial charge in [0, 0.05) is 5.39 Å². The normalized spacial score (nSPS) is 14.8. The van der Waals surface area contributed by atoms with Crippen molar-refractivity contribution >= 4 is 31.8 Å². The molecule has 4 aromatic rings. The van der Waals surface area contributed by atoms with E-state index in [9.17, 15) is 13.0 Å². The van der Waals surface area contributed by atoms with Crippen LogP contribution in [0.1, 0.15) is 5.69 Å². The van der Waals surface area contributed by atoms with E-state index < -0.39 is 15.2 Å². The van der Waals surface area contributed by atoms with E-state index in [4.69, 9.17) is 9.47 Å². The summed E-state index contributed by atoms with van der Waals surface area (Å²) in [5, 5.41) is 0.304. The fourth-order valence-electron chi connectivity index (χ4n) is 3.32. The van der Waals surface area contributed by atoms with Crippen LogP contribution in [0.4, 0.5) is 0 Å². The van der Waals surface area contributed by atoms with Crippen molar-refractivity contribution in [2.24, 2.45) is 0 Å². The van der Waals surface area contributed by atoms with E-state index in [1.807, 2.05) is 30.3 Å². The van der Waals surface area contributed by atoms with Crippen molar-refractivity contribution in [3.8, 4) is 11.5 Å². The third-order valence-corrected chi connectivity index (χ3v) is 5.61. The summed E-state index contributed by atoms with van der Waals surface area (Å²) < 4.78 is 47.4. The smallest absolute Gasteiger partial charge is 0.742 e. The van der Waals surface area contributed by atoms with Gasteiger partial charge in [-0.25, -0.2) is 13.4 Å². The van der Waals surface area contributed by atoms with Gasteiger partial charge in [0.05, 0.1) is 5.52 Å². The van der Waals surface area contributed by atoms with Gasteiger partial charge in [0.1, 0.15) is 5.69 Å². The van der Waals surface area contributed by atoms with Gasteiger partial charge in [0.15, 0.2) is 21.6 Å². The zero-order valence-electron chi connectivity index (χ0n) is 14.8. The fraction of sp³-hybridized carbons (Fsp3) is 0.0500. The number of fused-ring (bicyclic) bond motifs is 4. The van der Waals surface area contributed by atoms with Crippen LogP contribution >= 0.6 is 0 Å². The minimum atomic E-state index is -5.05. The average molecular weight is 401 g/mol. The molecule has 0 amide bonds. The summed E-state index contributed by atoms with van der Waals surface area (Å²) in [6.45, 7) is 0. The second-order valence-electron chi connectivity index (χ2n) is 6.21. The Kier molecular flexibility index (Phi) is 4.60. The maximum Gasteiger partial charge on any atom is 1.00 e. The van der Waals surface area contributed by atoms with Gasteiger partial charge < -0.3 is 14.0 Å². The number of para-hydroxylation sites is 2. The molecule has 0 fully saturated rings. The van der Waals surface area contributed by atoms with Crippen LogP contribution in [0.15, 0.2) is 72.8 Å². The van der Waals surface area contributed by atoms with Gasteiger partial charge in [0.25, 0.3) is 0 Å². The van der Waals surface area contributed by atoms with E-state index >= 15 is 0 Å². The molecule has 6 nitrogen and oxygen atoms in total. The number of aromatic nitrogens is 1. The van der Waals surface area contributed by atoms with Crippen molar-refractivity contribution in [3.63, 3.8) is 0 Å². The molecule has 0 N–H and O–H groups in total. The molecule has 5 rings (SSSR count). The zero-order chi connectivity index (χ0) is 18.6. The third-order valence-electron chi connectivity index (χ3n) is 4.58. The van der Waals surface area contributed by atoms with Crippen molar-refractivity contribution in [2.45, 2.75) is 5.12 Å². The molecular weight excluding hydrogens is 389 g/mol. The Labute approximate surface area is 183 Å². The van der Waals surface area contributed by atoms with Crippen LogP contribution in [-0.2, 0) is 15.2 Å². The van der Waals surface area contributed by atoms with Crippen LogP contribution in [0, 0.1) is 0 Å². The molecule has 1 aliphatic rings. The van der Waals surface area contributed by atoms with E-state index in [0.29, 0.717) is 5.52 Å². The summed E-state index contributed by atoms with van der Waals surface area (Å²) in [5.74, 6) is 0.356. The Bertz CT molecular complexity index is 1300. The molecule has 0 spiro atoms. The van der Waals surface area contributed by atoms with E-state index in [-0.39, 0.29) is 46.8 Å². The zero-order valence-corrected chi connectivity index (χ0v) is 17.6. The van der Waals surface area contributed by atoms with Gasteiger partial charge >= 0.3 is 34.7 Å². The predicted octanol–water partition coefficient (Wildman–Crippen LogP) is 0.519. The molecule has 0 saturated carbocycles. The van der Waals surface area contributed by atoms with Gasteiger partial charge in [0.2, 0.25) is 0 Å². The molecule has 1 aliphatic heterocycles. The first kappa shape index (κ1) is 19.2. The summed E-state index contributed by atoms with van der Waals surface area (Å²) >= 11 is 0. The largest absolute Gasteiger partial charge is 1.00 e. The summed E-state index contributed by atoms with van der Waals surface area (Å²) in [7, 11) is -5.05. The quantitative estimate of drug-likeness (QED) is 0.276. The molecule has 2 heterocycles. The van der Waals surface area contributed by atoms with E-state index in [0.717, 1.165) is 16.2 Å². The molecule has 0 bridgehead atoms. The Morgan fingerprint density at radius 3 is 2.11 bits per heavy atom. The topological polar surface area (TPSA) is 88.6 Å². The fourth-order valence-corrected chi connectivity index (χ4v) is 4.07. The molecule has 134 valence electrons. The number of nitrogens with zero attached hydrogens (tertiary/aromatic N) is 1. The molecule has 28 heavy (non-hydrogen) atoms. The maximum absolute atomic E-state index is 12.1. The van der Waals surface area contributed by atoms with Crippen molar-refractivity contribution in [2.75, 3.05) is 0 Å². The van der Waals surface area contributed by atoms with Crippen molar-refractivity contribution in [1.29, 1.82) is 0 Å². The minimum Gasteiger partial charge on any atom is -0.742 e. The number of hydrogen-bond acceptors (Lipinski definition) is 6. The van der Waals surface area contributed by atoms with Crippen LogP contribution in [0.2, 0.25) is 0 Å². The third kappa shape index (κ3) is 2.78. The summed E-state index contributed by atoms with van der Waals surface area (Å²) in [4.78, 5) is 4.40. The van der Waals surface area contributed by atoms with Gasteiger partial charge in [-0.3, -0.25) is 0 Å². The molecular formula is C20H12NNaO5S. The number of hydrogen-bond donors (Lipinski definition) is 0. The number of benzene rings is 3. The van der Waals surface area contributed by atoms with Gasteiger partial charge in [-0.2, -0.15) is 0 Å². The molecule has 0 unspecified atom stereocenters. The molecule has 3 aromatic carbocycles. The molecule has 0 radical (unpaired) electrons. The van der Waals surface area contributed by atoms with E-state index in [1.165, 1.54) is 18.2 Å². The van der Waals surface area contributed by atoms with Crippen LogP contribution < -0.4 is 39.0 Å². The average Bonchev–Trinajstić information content (AvgIpc) is 3.08. The first-order chi connectivity index (χ1) is 13.0. The van der Waals surface area contributed by atoms with Crippen molar-refractivity contribution < 1.29 is 52.0 Å². The molecule has 1 aromatic heterocycles. The summed E-state index contributed by atoms with van der Waals surface area (Å²) in [6.07, 6.45) is 0. The Morgan fingerprint density at radius 2 is 1.43 bits per heavy atom. The SMILES string of the molecule is O=S(=O)([O-])C1(c2ccc3c(ccc4ccccc43)n2)Oc2ccccc2O1.[Na+]. The van der Waals surface area contributed by atoms with Crippen molar-refractivity contribution in [3.05, 3.63) is 78.5 Å². The predicted molar refractivity (Wildman–Crippen MR) is 98.3 cm³/mol. The molecule has 0 atom stereocenters. The second-order valence-corrected chi connectivity index (χ2v) is 7.66. The van der Waals surface area contributed by atoms with Crippen LogP contribution in [0.25, 0.3) is 21.7 Å². The number of pyridine rings is 1.